The fourth-order valence-electron chi connectivity index (χ4n) is 2.14. The molecule has 0 aliphatic heterocycles. The first-order valence-electron chi connectivity index (χ1n) is 6.31. The number of para-hydroxylation sites is 1. The number of benzene rings is 1. The smallest absolute Gasteiger partial charge is 0.255 e. The SMILES string of the molecule is CCOc1ccccc1C(=O)NC1(CBr)CCC1. The number of halogens is 1. The lowest BCUT2D eigenvalue weighted by molar-refractivity contribution is 0.0852. The highest BCUT2D eigenvalue weighted by atomic mass is 79.9. The van der Waals surface area contributed by atoms with Crippen molar-refractivity contribution in [2.24, 2.45) is 0 Å². The molecule has 0 aromatic heterocycles. The van der Waals surface area contributed by atoms with Gasteiger partial charge in [-0.25, -0.2) is 0 Å². The van der Waals surface area contributed by atoms with Crippen LogP contribution in [-0.2, 0) is 0 Å². The molecule has 98 valence electrons. The molecule has 1 N–H and O–H groups in total. The van der Waals surface area contributed by atoms with E-state index in [9.17, 15) is 4.79 Å². The van der Waals surface area contributed by atoms with Gasteiger partial charge in [0.15, 0.2) is 0 Å². The Bertz CT molecular complexity index is 424. The molecular formula is C14H18BrNO2. The minimum atomic E-state index is -0.0591. The van der Waals surface area contributed by atoms with Crippen molar-refractivity contribution in [3.63, 3.8) is 0 Å². The monoisotopic (exact) mass is 311 g/mol. The van der Waals surface area contributed by atoms with Crippen molar-refractivity contribution >= 4 is 21.8 Å². The molecule has 0 saturated heterocycles. The molecule has 1 saturated carbocycles. The summed E-state index contributed by atoms with van der Waals surface area (Å²) < 4.78 is 5.49. The second kappa shape index (κ2) is 5.74. The molecule has 0 bridgehead atoms. The molecule has 1 aliphatic rings. The van der Waals surface area contributed by atoms with Crippen molar-refractivity contribution < 1.29 is 9.53 Å². The predicted octanol–water partition coefficient (Wildman–Crippen LogP) is 3.13. The Morgan fingerprint density at radius 1 is 1.44 bits per heavy atom. The number of rotatable bonds is 5. The first kappa shape index (κ1) is 13.4. The number of amides is 1. The lowest BCUT2D eigenvalue weighted by atomic mass is 9.78. The van der Waals surface area contributed by atoms with Gasteiger partial charge in [-0.3, -0.25) is 4.79 Å². The summed E-state index contributed by atoms with van der Waals surface area (Å²) in [5.74, 6) is 0.611. The van der Waals surface area contributed by atoms with Crippen LogP contribution < -0.4 is 10.1 Å². The molecule has 0 radical (unpaired) electrons. The average molecular weight is 312 g/mol. The van der Waals surface area contributed by atoms with Crippen LogP contribution in [0.2, 0.25) is 0 Å². The Hall–Kier alpha value is -1.03. The Balaban J connectivity index is 2.13. The van der Waals surface area contributed by atoms with Gasteiger partial charge in [0.2, 0.25) is 0 Å². The summed E-state index contributed by atoms with van der Waals surface area (Å²) in [5.41, 5.74) is 0.558. The summed E-state index contributed by atoms with van der Waals surface area (Å²) >= 11 is 3.49. The number of carbonyl (C=O) groups is 1. The minimum Gasteiger partial charge on any atom is -0.493 e. The van der Waals surface area contributed by atoms with Gasteiger partial charge in [0.25, 0.3) is 5.91 Å². The second-order valence-electron chi connectivity index (χ2n) is 4.65. The standard InChI is InChI=1S/C14H18BrNO2/c1-2-18-12-7-4-3-6-11(12)13(17)16-14(10-15)8-5-9-14/h3-4,6-7H,2,5,8-10H2,1H3,(H,16,17). The van der Waals surface area contributed by atoms with Gasteiger partial charge in [0, 0.05) is 5.33 Å². The van der Waals surface area contributed by atoms with E-state index in [1.165, 1.54) is 6.42 Å². The first-order chi connectivity index (χ1) is 8.71. The minimum absolute atomic E-state index is 0.0433. The van der Waals surface area contributed by atoms with Gasteiger partial charge in [-0.15, -0.1) is 0 Å². The van der Waals surface area contributed by atoms with Crippen LogP contribution >= 0.6 is 15.9 Å². The molecule has 18 heavy (non-hydrogen) atoms. The van der Waals surface area contributed by atoms with Gasteiger partial charge in [-0.2, -0.15) is 0 Å². The normalized spacial score (nSPS) is 16.8. The van der Waals surface area contributed by atoms with Crippen molar-refractivity contribution in [1.82, 2.24) is 5.32 Å². The fourth-order valence-corrected chi connectivity index (χ4v) is 2.84. The van der Waals surface area contributed by atoms with Crippen molar-refractivity contribution in [3.05, 3.63) is 29.8 Å². The number of ether oxygens (including phenoxy) is 1. The molecule has 1 amide bonds. The highest BCUT2D eigenvalue weighted by Crippen LogP contribution is 2.34. The molecule has 3 nitrogen and oxygen atoms in total. The summed E-state index contributed by atoms with van der Waals surface area (Å²) in [5, 5.41) is 3.94. The van der Waals surface area contributed by atoms with E-state index in [0.717, 1.165) is 18.2 Å². The Labute approximate surface area is 116 Å². The third kappa shape index (κ3) is 2.69. The molecule has 0 atom stereocenters. The zero-order valence-corrected chi connectivity index (χ0v) is 12.1. The molecule has 0 heterocycles. The van der Waals surface area contributed by atoms with Crippen LogP contribution in [0, 0.1) is 0 Å². The zero-order valence-electron chi connectivity index (χ0n) is 10.5. The van der Waals surface area contributed by atoms with Gasteiger partial charge in [-0.05, 0) is 38.3 Å². The third-order valence-corrected chi connectivity index (χ3v) is 4.45. The fraction of sp³-hybridized carbons (Fsp3) is 0.500. The van der Waals surface area contributed by atoms with Crippen molar-refractivity contribution in [2.75, 3.05) is 11.9 Å². The number of hydrogen-bond acceptors (Lipinski definition) is 2. The lowest BCUT2D eigenvalue weighted by Crippen LogP contribution is -2.54. The Morgan fingerprint density at radius 2 is 2.17 bits per heavy atom. The van der Waals surface area contributed by atoms with E-state index in [0.29, 0.717) is 17.9 Å². The maximum absolute atomic E-state index is 12.3. The molecule has 1 aromatic rings. The van der Waals surface area contributed by atoms with Crippen LogP contribution in [0.5, 0.6) is 5.75 Å². The van der Waals surface area contributed by atoms with Gasteiger partial charge < -0.3 is 10.1 Å². The number of nitrogens with one attached hydrogen (secondary N) is 1. The molecular weight excluding hydrogens is 294 g/mol. The Morgan fingerprint density at radius 3 is 2.72 bits per heavy atom. The summed E-state index contributed by atoms with van der Waals surface area (Å²) in [6.45, 7) is 2.48. The van der Waals surface area contributed by atoms with Crippen molar-refractivity contribution in [3.8, 4) is 5.75 Å². The van der Waals surface area contributed by atoms with Crippen molar-refractivity contribution in [1.29, 1.82) is 0 Å². The van der Waals surface area contributed by atoms with E-state index in [4.69, 9.17) is 4.74 Å². The van der Waals surface area contributed by atoms with E-state index in [2.05, 4.69) is 21.2 Å². The average Bonchev–Trinajstić information content (AvgIpc) is 2.35. The van der Waals surface area contributed by atoms with E-state index in [1.54, 1.807) is 6.07 Å². The highest BCUT2D eigenvalue weighted by molar-refractivity contribution is 9.09. The van der Waals surface area contributed by atoms with Crippen molar-refractivity contribution in [2.45, 2.75) is 31.7 Å². The molecule has 4 heteroatoms. The van der Waals surface area contributed by atoms with Gasteiger partial charge in [0.1, 0.15) is 5.75 Å². The summed E-state index contributed by atoms with van der Waals surface area (Å²) in [7, 11) is 0. The van der Waals surface area contributed by atoms with Crippen LogP contribution in [0.25, 0.3) is 0 Å². The van der Waals surface area contributed by atoms with Crippen LogP contribution in [0.4, 0.5) is 0 Å². The maximum atomic E-state index is 12.3. The van der Waals surface area contributed by atoms with E-state index in [1.807, 2.05) is 25.1 Å². The van der Waals surface area contributed by atoms with Crippen LogP contribution in [0.3, 0.4) is 0 Å². The van der Waals surface area contributed by atoms with Crippen LogP contribution in [0.15, 0.2) is 24.3 Å². The largest absolute Gasteiger partial charge is 0.493 e. The lowest BCUT2D eigenvalue weighted by Gasteiger charge is -2.41. The molecule has 0 spiro atoms. The molecule has 1 aliphatic carbocycles. The number of alkyl halides is 1. The third-order valence-electron chi connectivity index (χ3n) is 3.38. The van der Waals surface area contributed by atoms with E-state index < -0.39 is 0 Å². The van der Waals surface area contributed by atoms with Crippen LogP contribution in [-0.4, -0.2) is 23.4 Å². The van der Waals surface area contributed by atoms with E-state index in [-0.39, 0.29) is 11.4 Å². The van der Waals surface area contributed by atoms with Gasteiger partial charge >= 0.3 is 0 Å². The van der Waals surface area contributed by atoms with Crippen LogP contribution in [0.1, 0.15) is 36.5 Å². The summed E-state index contributed by atoms with van der Waals surface area (Å²) in [6, 6.07) is 7.38. The molecule has 1 fully saturated rings. The molecule has 1 aromatic carbocycles. The topological polar surface area (TPSA) is 38.3 Å². The molecule has 0 unspecified atom stereocenters. The second-order valence-corrected chi connectivity index (χ2v) is 5.21. The number of carbonyl (C=O) groups excluding carboxylic acids is 1. The maximum Gasteiger partial charge on any atom is 0.255 e. The number of hydrogen-bond donors (Lipinski definition) is 1. The molecule has 2 rings (SSSR count). The predicted molar refractivity (Wildman–Crippen MR) is 75.5 cm³/mol. The highest BCUT2D eigenvalue weighted by Gasteiger charge is 2.37. The summed E-state index contributed by atoms with van der Waals surface area (Å²) in [6.07, 6.45) is 3.26. The summed E-state index contributed by atoms with van der Waals surface area (Å²) in [4.78, 5) is 12.3. The zero-order chi connectivity index (χ0) is 13.0. The van der Waals surface area contributed by atoms with E-state index >= 15 is 0 Å². The van der Waals surface area contributed by atoms with Gasteiger partial charge in [0.05, 0.1) is 17.7 Å². The van der Waals surface area contributed by atoms with Gasteiger partial charge in [-0.1, -0.05) is 28.1 Å². The Kier molecular flexibility index (Phi) is 4.27. The quantitative estimate of drug-likeness (QED) is 0.848. The first-order valence-corrected chi connectivity index (χ1v) is 7.43.